The summed E-state index contributed by atoms with van der Waals surface area (Å²) in [5.74, 6) is 3.53. The maximum atomic E-state index is 12.8. The van der Waals surface area contributed by atoms with Gasteiger partial charge in [-0.3, -0.25) is 9.59 Å². The predicted molar refractivity (Wildman–Crippen MR) is 110 cm³/mol. The molecule has 0 aliphatic heterocycles. The Bertz CT molecular complexity index is 581. The molecule has 146 valence electrons. The largest absolute Gasteiger partial charge is 0.460 e. The van der Waals surface area contributed by atoms with E-state index in [1.165, 1.54) is 0 Å². The van der Waals surface area contributed by atoms with E-state index in [4.69, 9.17) is 4.74 Å². The first-order valence-electron chi connectivity index (χ1n) is 9.85. The van der Waals surface area contributed by atoms with E-state index in [1.54, 1.807) is 6.08 Å². The van der Waals surface area contributed by atoms with Crippen molar-refractivity contribution in [2.45, 2.75) is 85.0 Å². The number of hydrogen-bond acceptors (Lipinski definition) is 3. The zero-order chi connectivity index (χ0) is 20.0. The van der Waals surface area contributed by atoms with Crippen molar-refractivity contribution >= 4 is 19.8 Å². The van der Waals surface area contributed by atoms with Crippen LogP contribution < -0.4 is 0 Å². The summed E-state index contributed by atoms with van der Waals surface area (Å²) in [6, 6.07) is 0. The summed E-state index contributed by atoms with van der Waals surface area (Å²) in [5, 5.41) is 0. The number of rotatable bonds is 6. The molecule has 26 heavy (non-hydrogen) atoms. The third kappa shape index (κ3) is 8.36. The van der Waals surface area contributed by atoms with Crippen molar-refractivity contribution in [2.24, 2.45) is 17.8 Å². The summed E-state index contributed by atoms with van der Waals surface area (Å²) in [5.41, 5.74) is 2.83. The van der Waals surface area contributed by atoms with Gasteiger partial charge in [-0.15, -0.1) is 11.5 Å². The molecule has 0 bridgehead atoms. The van der Waals surface area contributed by atoms with E-state index >= 15 is 0 Å². The van der Waals surface area contributed by atoms with Gasteiger partial charge in [0, 0.05) is 18.8 Å². The molecule has 4 heteroatoms. The van der Waals surface area contributed by atoms with E-state index in [9.17, 15) is 9.59 Å². The van der Waals surface area contributed by atoms with Crippen LogP contribution in [0.15, 0.2) is 12.2 Å². The summed E-state index contributed by atoms with van der Waals surface area (Å²) < 4.78 is 5.46. The zero-order valence-corrected chi connectivity index (χ0v) is 18.6. The SMILES string of the molecule is CC[C@H]1CC[C@@H](CC(=O)OC(C)(C)C)[C@@H]1C(=O)/C=C/CC#C[Si](C)(C)C. The predicted octanol–water partition coefficient (Wildman–Crippen LogP) is 5.17. The Balaban J connectivity index is 2.72. The van der Waals surface area contributed by atoms with Crippen molar-refractivity contribution in [3.05, 3.63) is 12.2 Å². The number of carbonyl (C=O) groups is 2. The highest BCUT2D eigenvalue weighted by Gasteiger charge is 2.40. The van der Waals surface area contributed by atoms with Gasteiger partial charge in [-0.25, -0.2) is 0 Å². The topological polar surface area (TPSA) is 43.4 Å². The highest BCUT2D eigenvalue weighted by Crippen LogP contribution is 2.42. The number of ether oxygens (including phenoxy) is 1. The van der Waals surface area contributed by atoms with Gasteiger partial charge >= 0.3 is 5.97 Å². The van der Waals surface area contributed by atoms with Crippen LogP contribution in [0.5, 0.6) is 0 Å². The van der Waals surface area contributed by atoms with Crippen molar-refractivity contribution < 1.29 is 14.3 Å². The first kappa shape index (κ1) is 22.7. The van der Waals surface area contributed by atoms with Gasteiger partial charge in [0.2, 0.25) is 0 Å². The lowest BCUT2D eigenvalue weighted by atomic mass is 9.82. The lowest BCUT2D eigenvalue weighted by Crippen LogP contribution is -2.29. The van der Waals surface area contributed by atoms with E-state index in [-0.39, 0.29) is 23.6 Å². The highest BCUT2D eigenvalue weighted by molar-refractivity contribution is 6.83. The summed E-state index contributed by atoms with van der Waals surface area (Å²) in [6.07, 6.45) is 7.46. The summed E-state index contributed by atoms with van der Waals surface area (Å²) >= 11 is 0. The van der Waals surface area contributed by atoms with Crippen LogP contribution in [0.25, 0.3) is 0 Å². The van der Waals surface area contributed by atoms with Crippen LogP contribution in [0.3, 0.4) is 0 Å². The molecule has 3 atom stereocenters. The molecule has 0 aromatic heterocycles. The summed E-state index contributed by atoms with van der Waals surface area (Å²) in [6.45, 7) is 14.4. The van der Waals surface area contributed by atoms with Crippen LogP contribution in [0, 0.1) is 29.2 Å². The fourth-order valence-electron chi connectivity index (χ4n) is 3.58. The Morgan fingerprint density at radius 3 is 2.31 bits per heavy atom. The van der Waals surface area contributed by atoms with Gasteiger partial charge < -0.3 is 4.74 Å². The average Bonchev–Trinajstić information content (AvgIpc) is 2.86. The summed E-state index contributed by atoms with van der Waals surface area (Å²) in [4.78, 5) is 25.0. The molecular formula is C22H36O3Si. The second-order valence-electron chi connectivity index (χ2n) is 9.38. The molecule has 1 aliphatic carbocycles. The van der Waals surface area contributed by atoms with Crippen molar-refractivity contribution in [3.8, 4) is 11.5 Å². The van der Waals surface area contributed by atoms with Crippen LogP contribution in [0.2, 0.25) is 19.6 Å². The van der Waals surface area contributed by atoms with E-state index in [2.05, 4.69) is 38.0 Å². The van der Waals surface area contributed by atoms with Crippen LogP contribution in [0.1, 0.15) is 59.8 Å². The second kappa shape index (κ2) is 9.55. The van der Waals surface area contributed by atoms with Gasteiger partial charge in [0.15, 0.2) is 5.78 Å². The summed E-state index contributed by atoms with van der Waals surface area (Å²) in [7, 11) is -1.36. The fraction of sp³-hybridized carbons (Fsp3) is 0.727. The Kier molecular flexibility index (Phi) is 8.34. The minimum Gasteiger partial charge on any atom is -0.460 e. The third-order valence-corrected chi connectivity index (χ3v) is 5.52. The Hall–Kier alpha value is -1.34. The van der Waals surface area contributed by atoms with Gasteiger partial charge in [-0.1, -0.05) is 39.1 Å². The quantitative estimate of drug-likeness (QED) is 0.278. The van der Waals surface area contributed by atoms with Gasteiger partial charge in [-0.2, -0.15) is 0 Å². The second-order valence-corrected chi connectivity index (χ2v) is 14.1. The van der Waals surface area contributed by atoms with Crippen LogP contribution in [0.4, 0.5) is 0 Å². The Morgan fingerprint density at radius 2 is 1.77 bits per heavy atom. The smallest absolute Gasteiger partial charge is 0.306 e. The molecule has 0 radical (unpaired) electrons. The van der Waals surface area contributed by atoms with Gasteiger partial charge in [0.05, 0.1) is 0 Å². The van der Waals surface area contributed by atoms with Gasteiger partial charge in [0.25, 0.3) is 0 Å². The maximum absolute atomic E-state index is 12.8. The maximum Gasteiger partial charge on any atom is 0.306 e. The fourth-order valence-corrected chi connectivity index (χ4v) is 4.21. The monoisotopic (exact) mass is 376 g/mol. The molecule has 0 heterocycles. The molecule has 0 aromatic carbocycles. The van der Waals surface area contributed by atoms with Gasteiger partial charge in [-0.05, 0) is 51.5 Å². The first-order chi connectivity index (χ1) is 11.9. The molecular weight excluding hydrogens is 340 g/mol. The Labute approximate surface area is 161 Å². The number of hydrogen-bond donors (Lipinski definition) is 0. The molecule has 0 N–H and O–H groups in total. The van der Waals surface area contributed by atoms with Crippen molar-refractivity contribution in [1.82, 2.24) is 0 Å². The van der Waals surface area contributed by atoms with Crippen molar-refractivity contribution in [3.63, 3.8) is 0 Å². The lowest BCUT2D eigenvalue weighted by molar-refractivity contribution is -0.156. The zero-order valence-electron chi connectivity index (χ0n) is 17.6. The van der Waals surface area contributed by atoms with Crippen LogP contribution >= 0.6 is 0 Å². The molecule has 1 rings (SSSR count). The van der Waals surface area contributed by atoms with Crippen molar-refractivity contribution in [1.29, 1.82) is 0 Å². The van der Waals surface area contributed by atoms with Gasteiger partial charge in [0.1, 0.15) is 13.7 Å². The number of ketones is 1. The van der Waals surface area contributed by atoms with E-state index in [0.29, 0.717) is 18.8 Å². The van der Waals surface area contributed by atoms with Crippen LogP contribution in [-0.2, 0) is 14.3 Å². The van der Waals surface area contributed by atoms with E-state index in [0.717, 1.165) is 19.3 Å². The first-order valence-corrected chi connectivity index (χ1v) is 13.3. The van der Waals surface area contributed by atoms with Crippen molar-refractivity contribution in [2.75, 3.05) is 0 Å². The van der Waals surface area contributed by atoms with Crippen LogP contribution in [-0.4, -0.2) is 25.4 Å². The molecule has 1 fully saturated rings. The molecule has 0 saturated heterocycles. The minimum absolute atomic E-state index is 0.0614. The molecule has 0 unspecified atom stereocenters. The number of esters is 1. The standard InChI is InChI=1S/C22H36O3Si/c1-8-17-13-14-18(16-20(24)25-22(2,3)4)21(17)19(23)12-10-9-11-15-26(5,6)7/h10,12,17-18,21H,8-9,13-14,16H2,1-7H3/b12-10+/t17-,18-,21+/m0/s1. The molecule has 3 nitrogen and oxygen atoms in total. The Morgan fingerprint density at radius 1 is 1.15 bits per heavy atom. The molecule has 0 spiro atoms. The van der Waals surface area contributed by atoms with E-state index in [1.807, 2.05) is 26.8 Å². The molecule has 1 saturated carbocycles. The third-order valence-electron chi connectivity index (χ3n) is 4.59. The number of allylic oxidation sites excluding steroid dienone is 2. The highest BCUT2D eigenvalue weighted by atomic mass is 28.3. The normalized spacial score (nSPS) is 23.6. The average molecular weight is 377 g/mol. The molecule has 0 aromatic rings. The van der Waals surface area contributed by atoms with E-state index < -0.39 is 13.7 Å². The minimum atomic E-state index is -1.36. The number of carbonyl (C=O) groups excluding carboxylic acids is 2. The lowest BCUT2D eigenvalue weighted by Gasteiger charge is -2.24. The molecule has 0 amide bonds. The molecule has 1 aliphatic rings.